The number of amides is 2. The molecule has 0 unspecified atom stereocenters. The Labute approximate surface area is 187 Å². The van der Waals surface area contributed by atoms with E-state index in [2.05, 4.69) is 5.32 Å². The van der Waals surface area contributed by atoms with Crippen LogP contribution in [0.5, 0.6) is 0 Å². The molecule has 0 aromatic heterocycles. The standard InChI is InChI=1S/C25H29FN2O4/c1-3-28(4-2)23(30)18-10-12-21(13-11-18)27-22(29)17-32-24(31)25(14-5-6-15-25)19-8-7-9-20(26)16-19/h7-13,16H,3-6,14-15,17H2,1-2H3,(H,27,29). The molecule has 0 heterocycles. The van der Waals surface area contributed by atoms with Gasteiger partial charge in [-0.1, -0.05) is 25.0 Å². The van der Waals surface area contributed by atoms with Crippen LogP contribution in [-0.4, -0.2) is 42.4 Å². The van der Waals surface area contributed by atoms with Crippen LogP contribution in [0.3, 0.4) is 0 Å². The first kappa shape index (κ1) is 23.4. The van der Waals surface area contributed by atoms with Crippen LogP contribution >= 0.6 is 0 Å². The van der Waals surface area contributed by atoms with Crippen LogP contribution in [0.15, 0.2) is 48.5 Å². The fourth-order valence-corrected chi connectivity index (χ4v) is 4.23. The van der Waals surface area contributed by atoms with Crippen molar-refractivity contribution in [3.05, 3.63) is 65.5 Å². The van der Waals surface area contributed by atoms with Gasteiger partial charge in [-0.25, -0.2) is 4.39 Å². The quantitative estimate of drug-likeness (QED) is 0.621. The number of halogens is 1. The van der Waals surface area contributed by atoms with Gasteiger partial charge < -0.3 is 15.0 Å². The Morgan fingerprint density at radius 1 is 1.03 bits per heavy atom. The van der Waals surface area contributed by atoms with Crippen molar-refractivity contribution >= 4 is 23.5 Å². The van der Waals surface area contributed by atoms with Crippen molar-refractivity contribution in [1.82, 2.24) is 4.90 Å². The summed E-state index contributed by atoms with van der Waals surface area (Å²) in [6, 6.07) is 12.6. The molecule has 0 radical (unpaired) electrons. The van der Waals surface area contributed by atoms with Gasteiger partial charge in [-0.3, -0.25) is 14.4 Å². The third-order valence-electron chi connectivity index (χ3n) is 6.03. The molecule has 3 rings (SSSR count). The maximum absolute atomic E-state index is 13.7. The highest BCUT2D eigenvalue weighted by Gasteiger charge is 2.44. The Hall–Kier alpha value is -3.22. The lowest BCUT2D eigenvalue weighted by Crippen LogP contribution is -2.36. The number of nitrogens with one attached hydrogen (secondary N) is 1. The molecule has 1 saturated carbocycles. The molecule has 0 atom stereocenters. The summed E-state index contributed by atoms with van der Waals surface area (Å²) < 4.78 is 19.1. The molecule has 0 aliphatic heterocycles. The Morgan fingerprint density at radius 2 is 1.69 bits per heavy atom. The first-order chi connectivity index (χ1) is 15.4. The fourth-order valence-electron chi connectivity index (χ4n) is 4.23. The Kier molecular flexibility index (Phi) is 7.62. The predicted molar refractivity (Wildman–Crippen MR) is 120 cm³/mol. The third kappa shape index (κ3) is 5.15. The fraction of sp³-hybridized carbons (Fsp3) is 0.400. The molecule has 1 aliphatic rings. The van der Waals surface area contributed by atoms with Crippen molar-refractivity contribution in [2.45, 2.75) is 44.9 Å². The van der Waals surface area contributed by atoms with E-state index in [1.54, 1.807) is 41.3 Å². The van der Waals surface area contributed by atoms with Gasteiger partial charge in [0.2, 0.25) is 0 Å². The molecule has 0 spiro atoms. The highest BCUT2D eigenvalue weighted by Crippen LogP contribution is 2.42. The van der Waals surface area contributed by atoms with E-state index in [4.69, 9.17) is 4.74 Å². The number of hydrogen-bond donors (Lipinski definition) is 1. The van der Waals surface area contributed by atoms with Crippen molar-refractivity contribution in [1.29, 1.82) is 0 Å². The van der Waals surface area contributed by atoms with Crippen molar-refractivity contribution in [3.63, 3.8) is 0 Å². The van der Waals surface area contributed by atoms with Gasteiger partial charge in [0.25, 0.3) is 11.8 Å². The number of nitrogens with zero attached hydrogens (tertiary/aromatic N) is 1. The molecule has 6 nitrogen and oxygen atoms in total. The third-order valence-corrected chi connectivity index (χ3v) is 6.03. The van der Waals surface area contributed by atoms with Crippen molar-refractivity contribution in [2.75, 3.05) is 25.0 Å². The highest BCUT2D eigenvalue weighted by atomic mass is 19.1. The summed E-state index contributed by atoms with van der Waals surface area (Å²) in [5, 5.41) is 2.67. The van der Waals surface area contributed by atoms with Gasteiger partial charge in [0, 0.05) is 24.3 Å². The average Bonchev–Trinajstić information content (AvgIpc) is 3.30. The Balaban J connectivity index is 1.59. The summed E-state index contributed by atoms with van der Waals surface area (Å²) in [5.41, 5.74) is 0.725. The smallest absolute Gasteiger partial charge is 0.317 e. The van der Waals surface area contributed by atoms with Crippen LogP contribution in [0.4, 0.5) is 10.1 Å². The summed E-state index contributed by atoms with van der Waals surface area (Å²) in [7, 11) is 0. The molecule has 7 heteroatoms. The molecule has 0 bridgehead atoms. The van der Waals surface area contributed by atoms with E-state index < -0.39 is 29.7 Å². The van der Waals surface area contributed by atoms with Gasteiger partial charge in [0.1, 0.15) is 5.82 Å². The summed E-state index contributed by atoms with van der Waals surface area (Å²) in [5.74, 6) is -1.45. The molecule has 0 saturated heterocycles. The number of hydrogen-bond acceptors (Lipinski definition) is 4. The molecule has 1 N–H and O–H groups in total. The predicted octanol–water partition coefficient (Wildman–Crippen LogP) is 4.30. The zero-order chi connectivity index (χ0) is 23.1. The first-order valence-corrected chi connectivity index (χ1v) is 11.0. The minimum Gasteiger partial charge on any atom is -0.455 e. The van der Waals surface area contributed by atoms with Crippen LogP contribution in [0.2, 0.25) is 0 Å². The summed E-state index contributed by atoms with van der Waals surface area (Å²) in [4.78, 5) is 39.3. The van der Waals surface area contributed by atoms with Crippen LogP contribution < -0.4 is 5.32 Å². The van der Waals surface area contributed by atoms with Gasteiger partial charge >= 0.3 is 5.97 Å². The van der Waals surface area contributed by atoms with Crippen LogP contribution in [0, 0.1) is 5.82 Å². The van der Waals surface area contributed by atoms with Crippen LogP contribution in [-0.2, 0) is 19.7 Å². The second kappa shape index (κ2) is 10.4. The summed E-state index contributed by atoms with van der Waals surface area (Å²) >= 11 is 0. The topological polar surface area (TPSA) is 75.7 Å². The molecule has 2 amide bonds. The van der Waals surface area contributed by atoms with Crippen LogP contribution in [0.1, 0.15) is 55.5 Å². The maximum Gasteiger partial charge on any atom is 0.317 e. The van der Waals surface area contributed by atoms with E-state index in [-0.39, 0.29) is 5.91 Å². The number of benzene rings is 2. The van der Waals surface area contributed by atoms with E-state index in [0.717, 1.165) is 12.8 Å². The van der Waals surface area contributed by atoms with Gasteiger partial charge in [-0.15, -0.1) is 0 Å². The van der Waals surface area contributed by atoms with E-state index in [0.29, 0.717) is 42.7 Å². The second-order valence-corrected chi connectivity index (χ2v) is 7.98. The molecular weight excluding hydrogens is 411 g/mol. The van der Waals surface area contributed by atoms with E-state index in [9.17, 15) is 18.8 Å². The SMILES string of the molecule is CCN(CC)C(=O)c1ccc(NC(=O)COC(=O)C2(c3cccc(F)c3)CCCC2)cc1. The number of carbonyl (C=O) groups excluding carboxylic acids is 3. The zero-order valence-electron chi connectivity index (χ0n) is 18.5. The molecule has 1 aliphatic carbocycles. The lowest BCUT2D eigenvalue weighted by Gasteiger charge is -2.27. The minimum atomic E-state index is -0.908. The molecule has 170 valence electrons. The van der Waals surface area contributed by atoms with Gasteiger partial charge in [0.05, 0.1) is 5.41 Å². The normalized spacial score (nSPS) is 14.6. The summed E-state index contributed by atoms with van der Waals surface area (Å²) in [6.45, 7) is 4.64. The Morgan fingerprint density at radius 3 is 2.28 bits per heavy atom. The number of ether oxygens (including phenoxy) is 1. The zero-order valence-corrected chi connectivity index (χ0v) is 18.5. The van der Waals surface area contributed by atoms with E-state index in [1.165, 1.54) is 12.1 Å². The Bertz CT molecular complexity index is 964. The number of esters is 1. The van der Waals surface area contributed by atoms with E-state index in [1.807, 2.05) is 13.8 Å². The monoisotopic (exact) mass is 440 g/mol. The maximum atomic E-state index is 13.7. The molecule has 1 fully saturated rings. The largest absolute Gasteiger partial charge is 0.455 e. The summed E-state index contributed by atoms with van der Waals surface area (Å²) in [6.07, 6.45) is 2.82. The number of rotatable bonds is 8. The van der Waals surface area contributed by atoms with Gasteiger partial charge in [-0.05, 0) is 68.7 Å². The van der Waals surface area contributed by atoms with Crippen molar-refractivity contribution in [3.8, 4) is 0 Å². The molecule has 32 heavy (non-hydrogen) atoms. The molecule has 2 aromatic rings. The minimum absolute atomic E-state index is 0.0685. The average molecular weight is 441 g/mol. The van der Waals surface area contributed by atoms with Gasteiger partial charge in [0.15, 0.2) is 6.61 Å². The second-order valence-electron chi connectivity index (χ2n) is 7.98. The number of anilines is 1. The molecular formula is C25H29FN2O4. The lowest BCUT2D eigenvalue weighted by atomic mass is 9.79. The van der Waals surface area contributed by atoms with Crippen LogP contribution in [0.25, 0.3) is 0 Å². The molecule has 2 aromatic carbocycles. The van der Waals surface area contributed by atoms with E-state index >= 15 is 0 Å². The lowest BCUT2D eigenvalue weighted by molar-refractivity contribution is -0.153. The van der Waals surface area contributed by atoms with Crippen molar-refractivity contribution < 1.29 is 23.5 Å². The van der Waals surface area contributed by atoms with Crippen molar-refractivity contribution in [2.24, 2.45) is 0 Å². The van der Waals surface area contributed by atoms with Gasteiger partial charge in [-0.2, -0.15) is 0 Å². The number of carbonyl (C=O) groups is 3. The first-order valence-electron chi connectivity index (χ1n) is 11.0. The highest BCUT2D eigenvalue weighted by molar-refractivity contribution is 5.96.